The van der Waals surface area contributed by atoms with Crippen LogP contribution >= 0.6 is 12.4 Å². The van der Waals surface area contributed by atoms with Crippen molar-refractivity contribution in [3.63, 3.8) is 0 Å². The van der Waals surface area contributed by atoms with Crippen LogP contribution in [-0.2, 0) is 4.79 Å². The molecule has 1 saturated carbocycles. The molecule has 1 fully saturated rings. The molecular weight excluding hydrogens is 288 g/mol. The van der Waals surface area contributed by atoms with Crippen molar-refractivity contribution in [2.45, 2.75) is 25.3 Å². The number of amides is 1. The van der Waals surface area contributed by atoms with Crippen molar-refractivity contribution in [2.24, 2.45) is 11.7 Å². The molecule has 1 aromatic carbocycles. The number of hydrogen-bond acceptors (Lipinski definition) is 3. The largest absolute Gasteiger partial charge is 0.328 e. The molecule has 5 nitrogen and oxygen atoms in total. The zero-order valence-corrected chi connectivity index (χ0v) is 12.4. The first-order chi connectivity index (χ1) is 9.72. The van der Waals surface area contributed by atoms with Gasteiger partial charge < -0.3 is 11.1 Å². The summed E-state index contributed by atoms with van der Waals surface area (Å²) in [5, 5.41) is 7.15. The van der Waals surface area contributed by atoms with Gasteiger partial charge in [0.25, 0.3) is 0 Å². The molecule has 3 N–H and O–H groups in total. The van der Waals surface area contributed by atoms with Gasteiger partial charge in [-0.15, -0.1) is 12.4 Å². The third-order valence-electron chi connectivity index (χ3n) is 3.73. The maximum absolute atomic E-state index is 12.2. The van der Waals surface area contributed by atoms with Crippen LogP contribution in [0.4, 0.5) is 5.69 Å². The Bertz CT molecular complexity index is 599. The lowest BCUT2D eigenvalue weighted by molar-refractivity contribution is -0.119. The van der Waals surface area contributed by atoms with Crippen molar-refractivity contribution in [1.82, 2.24) is 9.78 Å². The van der Waals surface area contributed by atoms with Crippen LogP contribution in [0.5, 0.6) is 0 Å². The first-order valence-electron chi connectivity index (χ1n) is 6.89. The summed E-state index contributed by atoms with van der Waals surface area (Å²) in [6.45, 7) is 0. The van der Waals surface area contributed by atoms with Gasteiger partial charge >= 0.3 is 0 Å². The molecule has 112 valence electrons. The highest BCUT2D eigenvalue weighted by atomic mass is 35.5. The summed E-state index contributed by atoms with van der Waals surface area (Å²) in [6.07, 6.45) is 6.20. The number of carbonyl (C=O) groups excluding carboxylic acids is 1. The van der Waals surface area contributed by atoms with E-state index in [1.807, 2.05) is 36.5 Å². The van der Waals surface area contributed by atoms with Gasteiger partial charge in [0, 0.05) is 30.0 Å². The molecule has 3 rings (SSSR count). The average molecular weight is 307 g/mol. The molecule has 0 saturated heterocycles. The van der Waals surface area contributed by atoms with Crippen LogP contribution in [0.15, 0.2) is 42.7 Å². The fourth-order valence-corrected chi connectivity index (χ4v) is 2.65. The van der Waals surface area contributed by atoms with E-state index in [4.69, 9.17) is 5.73 Å². The number of carbonyl (C=O) groups is 1. The minimum Gasteiger partial charge on any atom is -0.328 e. The second-order valence-electron chi connectivity index (χ2n) is 5.26. The molecule has 0 radical (unpaired) electrons. The zero-order chi connectivity index (χ0) is 13.9. The highest BCUT2D eigenvalue weighted by molar-refractivity contribution is 5.93. The van der Waals surface area contributed by atoms with Crippen LogP contribution in [-0.4, -0.2) is 21.7 Å². The Labute approximate surface area is 129 Å². The summed E-state index contributed by atoms with van der Waals surface area (Å²) in [7, 11) is 0. The van der Waals surface area contributed by atoms with Gasteiger partial charge in [-0.25, -0.2) is 4.68 Å². The Kier molecular flexibility index (Phi) is 4.98. The monoisotopic (exact) mass is 306 g/mol. The molecule has 2 unspecified atom stereocenters. The topological polar surface area (TPSA) is 72.9 Å². The quantitative estimate of drug-likeness (QED) is 0.914. The molecule has 0 aliphatic heterocycles. The normalized spacial score (nSPS) is 20.8. The minimum absolute atomic E-state index is 0. The van der Waals surface area contributed by atoms with Crippen molar-refractivity contribution >= 4 is 24.0 Å². The molecular formula is C15H19ClN4O. The molecule has 1 heterocycles. The number of aromatic nitrogens is 2. The van der Waals surface area contributed by atoms with Gasteiger partial charge in [0.15, 0.2) is 0 Å². The second-order valence-corrected chi connectivity index (χ2v) is 5.26. The van der Waals surface area contributed by atoms with Gasteiger partial charge in [0.05, 0.1) is 5.69 Å². The number of benzene rings is 1. The summed E-state index contributed by atoms with van der Waals surface area (Å²) >= 11 is 0. The van der Waals surface area contributed by atoms with Gasteiger partial charge in [-0.2, -0.15) is 5.10 Å². The molecule has 6 heteroatoms. The molecule has 2 aromatic rings. The Morgan fingerprint density at radius 2 is 2.19 bits per heavy atom. The Morgan fingerprint density at radius 1 is 1.33 bits per heavy atom. The predicted octanol–water partition coefficient (Wildman–Crippen LogP) is 2.36. The van der Waals surface area contributed by atoms with Crippen LogP contribution in [0.25, 0.3) is 5.69 Å². The lowest BCUT2D eigenvalue weighted by Gasteiger charge is -2.11. The van der Waals surface area contributed by atoms with Crippen molar-refractivity contribution < 1.29 is 4.79 Å². The van der Waals surface area contributed by atoms with Crippen LogP contribution in [0, 0.1) is 5.92 Å². The van der Waals surface area contributed by atoms with Crippen molar-refractivity contribution in [2.75, 3.05) is 5.32 Å². The Hall–Kier alpha value is -1.85. The smallest absolute Gasteiger partial charge is 0.227 e. The maximum Gasteiger partial charge on any atom is 0.227 e. The fourth-order valence-electron chi connectivity index (χ4n) is 2.65. The maximum atomic E-state index is 12.2. The number of halogens is 1. The van der Waals surface area contributed by atoms with Gasteiger partial charge in [-0.05, 0) is 43.5 Å². The van der Waals surface area contributed by atoms with Gasteiger partial charge in [-0.1, -0.05) is 6.07 Å². The summed E-state index contributed by atoms with van der Waals surface area (Å²) in [4.78, 5) is 12.2. The molecule has 0 bridgehead atoms. The van der Waals surface area contributed by atoms with Crippen LogP contribution in [0.3, 0.4) is 0 Å². The van der Waals surface area contributed by atoms with E-state index in [9.17, 15) is 4.79 Å². The van der Waals surface area contributed by atoms with Crippen LogP contribution < -0.4 is 11.1 Å². The molecule has 1 aromatic heterocycles. The van der Waals surface area contributed by atoms with E-state index >= 15 is 0 Å². The Balaban J connectivity index is 0.00000161. The lowest BCUT2D eigenvalue weighted by atomic mass is 10.1. The molecule has 0 spiro atoms. The first kappa shape index (κ1) is 15.5. The summed E-state index contributed by atoms with van der Waals surface area (Å²) in [5.41, 5.74) is 7.57. The minimum atomic E-state index is 0. The summed E-state index contributed by atoms with van der Waals surface area (Å²) in [6, 6.07) is 9.70. The zero-order valence-electron chi connectivity index (χ0n) is 11.6. The second kappa shape index (κ2) is 6.74. The lowest BCUT2D eigenvalue weighted by Crippen LogP contribution is -2.23. The first-order valence-corrected chi connectivity index (χ1v) is 6.89. The molecule has 1 aliphatic carbocycles. The summed E-state index contributed by atoms with van der Waals surface area (Å²) < 4.78 is 1.77. The van der Waals surface area contributed by atoms with Gasteiger partial charge in [0.1, 0.15) is 0 Å². The van der Waals surface area contributed by atoms with Crippen LogP contribution in [0.1, 0.15) is 19.3 Å². The fraction of sp³-hybridized carbons (Fsp3) is 0.333. The number of hydrogen-bond donors (Lipinski definition) is 2. The van der Waals surface area contributed by atoms with E-state index in [1.54, 1.807) is 10.9 Å². The highest BCUT2D eigenvalue weighted by Crippen LogP contribution is 2.25. The SMILES string of the molecule is Cl.NC1CCC(C(=O)Nc2cccc(-n3cccn3)c2)C1. The molecule has 2 atom stereocenters. The van der Waals surface area contributed by atoms with Gasteiger partial charge in [0.2, 0.25) is 5.91 Å². The third kappa shape index (κ3) is 3.62. The Morgan fingerprint density at radius 3 is 2.86 bits per heavy atom. The number of rotatable bonds is 3. The van der Waals surface area contributed by atoms with E-state index in [0.717, 1.165) is 30.6 Å². The highest BCUT2D eigenvalue weighted by Gasteiger charge is 2.27. The molecule has 1 amide bonds. The van der Waals surface area contributed by atoms with Crippen molar-refractivity contribution in [3.05, 3.63) is 42.7 Å². The standard InChI is InChI=1S/C15H18N4O.ClH/c16-12-6-5-11(9-12)15(20)18-13-3-1-4-14(10-13)19-8-2-7-17-19;/h1-4,7-8,10-12H,5-6,9,16H2,(H,18,20);1H. The van der Waals surface area contributed by atoms with E-state index < -0.39 is 0 Å². The van der Waals surface area contributed by atoms with Crippen LogP contribution in [0.2, 0.25) is 0 Å². The van der Waals surface area contributed by atoms with Crippen molar-refractivity contribution in [3.8, 4) is 5.69 Å². The van der Waals surface area contributed by atoms with E-state index in [1.165, 1.54) is 0 Å². The average Bonchev–Trinajstić information content (AvgIpc) is 3.10. The van der Waals surface area contributed by atoms with E-state index in [0.29, 0.717) is 0 Å². The number of nitrogens with two attached hydrogens (primary N) is 1. The number of anilines is 1. The van der Waals surface area contributed by atoms with E-state index in [2.05, 4.69) is 10.4 Å². The third-order valence-corrected chi connectivity index (χ3v) is 3.73. The van der Waals surface area contributed by atoms with E-state index in [-0.39, 0.29) is 30.3 Å². The molecule has 1 aliphatic rings. The van der Waals surface area contributed by atoms with Crippen molar-refractivity contribution in [1.29, 1.82) is 0 Å². The predicted molar refractivity (Wildman–Crippen MR) is 84.8 cm³/mol. The number of nitrogens with one attached hydrogen (secondary N) is 1. The molecule has 21 heavy (non-hydrogen) atoms. The van der Waals surface area contributed by atoms with Gasteiger partial charge in [-0.3, -0.25) is 4.79 Å². The summed E-state index contributed by atoms with van der Waals surface area (Å²) in [5.74, 6) is 0.105. The number of nitrogens with zero attached hydrogens (tertiary/aromatic N) is 2.